The minimum atomic E-state index is -0.0815. The van der Waals surface area contributed by atoms with Crippen LogP contribution in [0.1, 0.15) is 29.0 Å². The van der Waals surface area contributed by atoms with Crippen molar-refractivity contribution in [2.24, 2.45) is 0 Å². The predicted molar refractivity (Wildman–Crippen MR) is 162 cm³/mol. The molecule has 5 nitrogen and oxygen atoms in total. The summed E-state index contributed by atoms with van der Waals surface area (Å²) in [7, 11) is 0. The Labute approximate surface area is 235 Å². The Morgan fingerprint density at radius 1 is 1.03 bits per heavy atom. The largest absolute Gasteiger partial charge is 0.322 e. The quantitative estimate of drug-likeness (QED) is 0.216. The molecule has 194 valence electrons. The molecule has 4 rings (SSSR count). The number of aryl methyl sites for hydroxylation is 1. The van der Waals surface area contributed by atoms with Gasteiger partial charge >= 0.3 is 6.03 Å². The SMILES string of the molecule is C=C(CN1CCNCC1)CN(CCC(c1ccccc1)c1ccccc1)C(=O)Nc1ccc(I)c(C)c1. The van der Waals surface area contributed by atoms with Crippen molar-refractivity contribution >= 4 is 34.3 Å². The average molecular weight is 609 g/mol. The fourth-order valence-corrected chi connectivity index (χ4v) is 5.20. The lowest BCUT2D eigenvalue weighted by molar-refractivity contribution is 0.210. The van der Waals surface area contributed by atoms with Gasteiger partial charge in [0.25, 0.3) is 0 Å². The first-order valence-electron chi connectivity index (χ1n) is 13.0. The van der Waals surface area contributed by atoms with E-state index in [9.17, 15) is 4.79 Å². The first kappa shape index (κ1) is 27.4. The highest BCUT2D eigenvalue weighted by Crippen LogP contribution is 2.28. The van der Waals surface area contributed by atoms with Gasteiger partial charge in [-0.1, -0.05) is 67.2 Å². The van der Waals surface area contributed by atoms with Crippen LogP contribution in [0.5, 0.6) is 0 Å². The predicted octanol–water partition coefficient (Wildman–Crippen LogP) is 6.12. The molecule has 1 aliphatic rings. The minimum absolute atomic E-state index is 0.0815. The molecule has 3 aromatic rings. The first-order chi connectivity index (χ1) is 18.0. The smallest absolute Gasteiger partial charge is 0.320 e. The summed E-state index contributed by atoms with van der Waals surface area (Å²) in [6, 6.07) is 27.1. The van der Waals surface area contributed by atoms with Gasteiger partial charge in [0, 0.05) is 61.0 Å². The summed E-state index contributed by atoms with van der Waals surface area (Å²) in [5, 5.41) is 6.54. The molecule has 0 radical (unpaired) electrons. The molecule has 0 spiro atoms. The second kappa shape index (κ2) is 13.7. The number of carbonyl (C=O) groups excluding carboxylic acids is 1. The van der Waals surface area contributed by atoms with Crippen LogP contribution < -0.4 is 10.6 Å². The number of carbonyl (C=O) groups is 1. The summed E-state index contributed by atoms with van der Waals surface area (Å²) in [6.45, 7) is 12.4. The molecule has 0 atom stereocenters. The van der Waals surface area contributed by atoms with Crippen LogP contribution in [0.2, 0.25) is 0 Å². The molecule has 2 amide bonds. The normalized spacial score (nSPS) is 13.9. The summed E-state index contributed by atoms with van der Waals surface area (Å²) >= 11 is 2.32. The minimum Gasteiger partial charge on any atom is -0.320 e. The van der Waals surface area contributed by atoms with Crippen molar-refractivity contribution in [3.8, 4) is 0 Å². The number of hydrogen-bond donors (Lipinski definition) is 2. The van der Waals surface area contributed by atoms with Crippen molar-refractivity contribution < 1.29 is 4.79 Å². The first-order valence-corrected chi connectivity index (χ1v) is 14.1. The third-order valence-electron chi connectivity index (χ3n) is 6.86. The van der Waals surface area contributed by atoms with E-state index in [-0.39, 0.29) is 11.9 Å². The van der Waals surface area contributed by atoms with Gasteiger partial charge in [0.1, 0.15) is 0 Å². The van der Waals surface area contributed by atoms with Gasteiger partial charge in [-0.25, -0.2) is 4.79 Å². The molecule has 0 saturated carbocycles. The van der Waals surface area contributed by atoms with Gasteiger partial charge in [-0.05, 0) is 76.4 Å². The Bertz CT molecular complexity index is 1120. The van der Waals surface area contributed by atoms with E-state index in [1.807, 2.05) is 23.1 Å². The molecule has 37 heavy (non-hydrogen) atoms. The van der Waals surface area contributed by atoms with Crippen LogP contribution in [0.25, 0.3) is 0 Å². The summed E-state index contributed by atoms with van der Waals surface area (Å²) in [5.41, 5.74) is 5.57. The third kappa shape index (κ3) is 8.15. The summed E-state index contributed by atoms with van der Waals surface area (Å²) < 4.78 is 1.19. The fourth-order valence-electron chi connectivity index (χ4n) is 4.86. The standard InChI is InChI=1S/C31H37IN4O/c1-24(22-35-19-16-33-17-20-35)23-36(31(37)34-28-13-14-30(32)25(2)21-28)18-15-29(26-9-5-3-6-10-26)27-11-7-4-8-12-27/h3-14,21,29,33H,1,15-20,22-23H2,2H3,(H,34,37). The lowest BCUT2D eigenvalue weighted by Crippen LogP contribution is -2.45. The van der Waals surface area contributed by atoms with Crippen LogP contribution in [-0.4, -0.2) is 61.6 Å². The van der Waals surface area contributed by atoms with Crippen LogP contribution in [0.4, 0.5) is 10.5 Å². The number of piperazine rings is 1. The zero-order chi connectivity index (χ0) is 26.0. The molecule has 1 heterocycles. The Kier molecular flexibility index (Phi) is 10.2. The maximum absolute atomic E-state index is 13.6. The molecular weight excluding hydrogens is 571 g/mol. The molecule has 6 heteroatoms. The summed E-state index contributed by atoms with van der Waals surface area (Å²) in [4.78, 5) is 17.9. The number of hydrogen-bond acceptors (Lipinski definition) is 3. The van der Waals surface area contributed by atoms with Crippen molar-refractivity contribution in [3.63, 3.8) is 0 Å². The van der Waals surface area contributed by atoms with Crippen LogP contribution in [0.15, 0.2) is 91.0 Å². The zero-order valence-corrected chi connectivity index (χ0v) is 23.8. The topological polar surface area (TPSA) is 47.6 Å². The van der Waals surface area contributed by atoms with E-state index in [4.69, 9.17) is 0 Å². The Balaban J connectivity index is 1.50. The lowest BCUT2D eigenvalue weighted by Gasteiger charge is -2.31. The highest BCUT2D eigenvalue weighted by atomic mass is 127. The number of urea groups is 1. The Morgan fingerprint density at radius 3 is 2.24 bits per heavy atom. The fraction of sp³-hybridized carbons (Fsp3) is 0.323. The monoisotopic (exact) mass is 608 g/mol. The van der Waals surface area contributed by atoms with Gasteiger partial charge in [-0.3, -0.25) is 4.90 Å². The van der Waals surface area contributed by atoms with E-state index < -0.39 is 0 Å². The van der Waals surface area contributed by atoms with Gasteiger partial charge in [-0.2, -0.15) is 0 Å². The number of rotatable bonds is 10. The van der Waals surface area contributed by atoms with E-state index in [1.54, 1.807) is 0 Å². The van der Waals surface area contributed by atoms with Crippen LogP contribution >= 0.6 is 22.6 Å². The lowest BCUT2D eigenvalue weighted by atomic mass is 9.88. The van der Waals surface area contributed by atoms with Crippen molar-refractivity contribution in [2.75, 3.05) is 51.1 Å². The van der Waals surface area contributed by atoms with Crippen LogP contribution in [0.3, 0.4) is 0 Å². The van der Waals surface area contributed by atoms with Gasteiger partial charge < -0.3 is 15.5 Å². The van der Waals surface area contributed by atoms with Crippen LogP contribution in [-0.2, 0) is 0 Å². The van der Waals surface area contributed by atoms with E-state index >= 15 is 0 Å². The zero-order valence-electron chi connectivity index (χ0n) is 21.6. The van der Waals surface area contributed by atoms with Crippen molar-refractivity contribution in [2.45, 2.75) is 19.3 Å². The van der Waals surface area contributed by atoms with Gasteiger partial charge in [0.05, 0.1) is 0 Å². The maximum atomic E-state index is 13.6. The maximum Gasteiger partial charge on any atom is 0.322 e. The molecule has 0 aliphatic carbocycles. The number of amides is 2. The molecule has 1 aliphatic heterocycles. The van der Waals surface area contributed by atoms with Crippen molar-refractivity contribution in [1.29, 1.82) is 0 Å². The molecule has 0 unspecified atom stereocenters. The van der Waals surface area contributed by atoms with Gasteiger partial charge in [0.2, 0.25) is 0 Å². The summed E-state index contributed by atoms with van der Waals surface area (Å²) in [5.74, 6) is 0.208. The summed E-state index contributed by atoms with van der Waals surface area (Å²) in [6.07, 6.45) is 0.827. The van der Waals surface area contributed by atoms with Gasteiger partial charge in [0.15, 0.2) is 0 Å². The van der Waals surface area contributed by atoms with Crippen molar-refractivity contribution in [3.05, 3.63) is 111 Å². The molecule has 0 aromatic heterocycles. The number of nitrogens with one attached hydrogen (secondary N) is 2. The molecule has 2 N–H and O–H groups in total. The van der Waals surface area contributed by atoms with Crippen molar-refractivity contribution in [1.82, 2.24) is 15.1 Å². The van der Waals surface area contributed by atoms with Gasteiger partial charge in [-0.15, -0.1) is 0 Å². The number of benzene rings is 3. The molecule has 1 fully saturated rings. The number of anilines is 1. The Morgan fingerprint density at radius 2 is 1.65 bits per heavy atom. The molecule has 3 aromatic carbocycles. The average Bonchev–Trinajstić information content (AvgIpc) is 2.92. The molecule has 1 saturated heterocycles. The highest BCUT2D eigenvalue weighted by Gasteiger charge is 2.21. The molecule has 0 bridgehead atoms. The Hall–Kier alpha value is -2.68. The third-order valence-corrected chi connectivity index (χ3v) is 8.07. The highest BCUT2D eigenvalue weighted by molar-refractivity contribution is 14.1. The molecular formula is C31H37IN4O. The second-order valence-corrected chi connectivity index (χ2v) is 10.9. The second-order valence-electron chi connectivity index (χ2n) is 9.75. The number of nitrogens with zero attached hydrogens (tertiary/aromatic N) is 2. The van der Waals surface area contributed by atoms with E-state index in [0.717, 1.165) is 56.0 Å². The van der Waals surface area contributed by atoms with E-state index in [1.165, 1.54) is 14.7 Å². The van der Waals surface area contributed by atoms with E-state index in [0.29, 0.717) is 13.1 Å². The number of halogens is 1. The van der Waals surface area contributed by atoms with Crippen LogP contribution in [0, 0.1) is 10.5 Å². The van der Waals surface area contributed by atoms with E-state index in [2.05, 4.69) is 112 Å².